The fraction of sp³-hybridized carbons (Fsp3) is 0.364. The lowest BCUT2D eigenvalue weighted by atomic mass is 10.3. The van der Waals surface area contributed by atoms with Crippen LogP contribution in [0.25, 0.3) is 11.0 Å². The zero-order valence-electron chi connectivity index (χ0n) is 9.37. The minimum atomic E-state index is 0.200. The Labute approximate surface area is 99.4 Å². The summed E-state index contributed by atoms with van der Waals surface area (Å²) in [7, 11) is 1.96. The number of aromatic nitrogens is 2. The molecule has 1 atom stereocenters. The van der Waals surface area contributed by atoms with Gasteiger partial charge in [-0.15, -0.1) is 0 Å². The highest BCUT2D eigenvalue weighted by molar-refractivity contribution is 6.31. The average molecular weight is 239 g/mol. The van der Waals surface area contributed by atoms with Gasteiger partial charge in [0.1, 0.15) is 0 Å². The molecule has 0 bridgehead atoms. The zero-order chi connectivity index (χ0) is 11.7. The second kappa shape index (κ2) is 4.31. The van der Waals surface area contributed by atoms with Gasteiger partial charge >= 0.3 is 0 Å². The number of nitrogens with two attached hydrogens (primary N) is 1. The third-order valence-corrected chi connectivity index (χ3v) is 2.81. The van der Waals surface area contributed by atoms with Gasteiger partial charge in [-0.05, 0) is 25.1 Å². The minimum Gasteiger partial charge on any atom is -0.352 e. The van der Waals surface area contributed by atoms with E-state index < -0.39 is 0 Å². The number of anilines is 1. The van der Waals surface area contributed by atoms with Gasteiger partial charge in [0.15, 0.2) is 0 Å². The van der Waals surface area contributed by atoms with Crippen LogP contribution in [-0.4, -0.2) is 22.1 Å². The molecule has 2 aromatic rings. The molecule has 2 rings (SSSR count). The molecule has 5 heteroatoms. The van der Waals surface area contributed by atoms with E-state index in [1.54, 1.807) is 0 Å². The summed E-state index contributed by atoms with van der Waals surface area (Å²) in [5.41, 5.74) is 7.51. The van der Waals surface area contributed by atoms with E-state index in [1.165, 1.54) is 0 Å². The van der Waals surface area contributed by atoms with E-state index in [4.69, 9.17) is 17.3 Å². The normalized spacial score (nSPS) is 13.0. The maximum atomic E-state index is 5.95. The fourth-order valence-electron chi connectivity index (χ4n) is 1.57. The molecule has 1 aromatic heterocycles. The standard InChI is InChI=1S/C11H15ClN4/c1-7(6-13)14-11-15-9-4-3-8(12)5-10(9)16(11)2/h3-5,7H,6,13H2,1-2H3,(H,14,15). The lowest BCUT2D eigenvalue weighted by molar-refractivity contribution is 0.777. The summed E-state index contributed by atoms with van der Waals surface area (Å²) in [5, 5.41) is 3.97. The molecule has 1 heterocycles. The van der Waals surface area contributed by atoms with Crippen LogP contribution in [0.5, 0.6) is 0 Å². The van der Waals surface area contributed by atoms with Crippen molar-refractivity contribution in [3.63, 3.8) is 0 Å². The molecular formula is C11H15ClN4. The number of halogens is 1. The summed E-state index contributed by atoms with van der Waals surface area (Å²) in [6.07, 6.45) is 0. The van der Waals surface area contributed by atoms with Gasteiger partial charge in [-0.3, -0.25) is 0 Å². The van der Waals surface area contributed by atoms with Crippen molar-refractivity contribution in [1.82, 2.24) is 9.55 Å². The van der Waals surface area contributed by atoms with Crippen LogP contribution >= 0.6 is 11.6 Å². The number of fused-ring (bicyclic) bond motifs is 1. The number of hydrogen-bond donors (Lipinski definition) is 2. The molecule has 3 N–H and O–H groups in total. The van der Waals surface area contributed by atoms with Gasteiger partial charge < -0.3 is 15.6 Å². The maximum Gasteiger partial charge on any atom is 0.203 e. The van der Waals surface area contributed by atoms with E-state index in [0.717, 1.165) is 17.0 Å². The highest BCUT2D eigenvalue weighted by atomic mass is 35.5. The predicted molar refractivity (Wildman–Crippen MR) is 67.9 cm³/mol. The van der Waals surface area contributed by atoms with E-state index in [9.17, 15) is 0 Å². The van der Waals surface area contributed by atoms with E-state index in [-0.39, 0.29) is 6.04 Å². The summed E-state index contributed by atoms with van der Waals surface area (Å²) in [6.45, 7) is 2.59. The van der Waals surface area contributed by atoms with E-state index in [1.807, 2.05) is 36.7 Å². The first-order valence-corrected chi connectivity index (χ1v) is 5.58. The summed E-state index contributed by atoms with van der Waals surface area (Å²) >= 11 is 5.95. The highest BCUT2D eigenvalue weighted by Gasteiger charge is 2.09. The number of nitrogens with zero attached hydrogens (tertiary/aromatic N) is 2. The lowest BCUT2D eigenvalue weighted by Gasteiger charge is -2.11. The van der Waals surface area contributed by atoms with Gasteiger partial charge in [-0.1, -0.05) is 11.6 Å². The Morgan fingerprint density at radius 1 is 1.56 bits per heavy atom. The lowest BCUT2D eigenvalue weighted by Crippen LogP contribution is -2.26. The summed E-state index contributed by atoms with van der Waals surface area (Å²) in [5.74, 6) is 0.815. The van der Waals surface area contributed by atoms with Gasteiger partial charge in [0, 0.05) is 24.7 Å². The van der Waals surface area contributed by atoms with Gasteiger partial charge in [-0.2, -0.15) is 0 Å². The molecule has 16 heavy (non-hydrogen) atoms. The van der Waals surface area contributed by atoms with Crippen LogP contribution in [0.4, 0.5) is 5.95 Å². The Hall–Kier alpha value is -1.26. The fourth-order valence-corrected chi connectivity index (χ4v) is 1.74. The summed E-state index contributed by atoms with van der Waals surface area (Å²) in [4.78, 5) is 4.48. The molecule has 0 spiro atoms. The Balaban J connectivity index is 2.44. The van der Waals surface area contributed by atoms with Crippen molar-refractivity contribution in [3.8, 4) is 0 Å². The molecule has 0 amide bonds. The smallest absolute Gasteiger partial charge is 0.203 e. The topological polar surface area (TPSA) is 55.9 Å². The van der Waals surface area contributed by atoms with Crippen LogP contribution in [0, 0.1) is 0 Å². The first kappa shape index (κ1) is 11.2. The van der Waals surface area contributed by atoms with Crippen molar-refractivity contribution in [3.05, 3.63) is 23.2 Å². The maximum absolute atomic E-state index is 5.95. The third kappa shape index (κ3) is 1.99. The van der Waals surface area contributed by atoms with Crippen molar-refractivity contribution in [2.75, 3.05) is 11.9 Å². The zero-order valence-corrected chi connectivity index (χ0v) is 10.1. The molecule has 1 aromatic carbocycles. The monoisotopic (exact) mass is 238 g/mol. The second-order valence-corrected chi connectivity index (χ2v) is 4.34. The van der Waals surface area contributed by atoms with Gasteiger partial charge in [0.2, 0.25) is 5.95 Å². The van der Waals surface area contributed by atoms with E-state index >= 15 is 0 Å². The number of imidazole rings is 1. The Morgan fingerprint density at radius 2 is 2.31 bits per heavy atom. The number of aryl methyl sites for hydroxylation is 1. The minimum absolute atomic E-state index is 0.200. The number of nitrogens with one attached hydrogen (secondary N) is 1. The highest BCUT2D eigenvalue weighted by Crippen LogP contribution is 2.22. The molecule has 0 saturated heterocycles. The summed E-state index contributed by atoms with van der Waals surface area (Å²) in [6, 6.07) is 5.86. The average Bonchev–Trinajstić information content (AvgIpc) is 2.56. The van der Waals surface area contributed by atoms with Gasteiger partial charge in [0.05, 0.1) is 11.0 Å². The third-order valence-electron chi connectivity index (χ3n) is 2.57. The molecule has 86 valence electrons. The molecule has 0 aliphatic rings. The van der Waals surface area contributed by atoms with Crippen LogP contribution in [0.3, 0.4) is 0 Å². The van der Waals surface area contributed by atoms with Gasteiger partial charge in [0.25, 0.3) is 0 Å². The number of rotatable bonds is 3. The summed E-state index contributed by atoms with van der Waals surface area (Å²) < 4.78 is 1.98. The molecule has 1 unspecified atom stereocenters. The SMILES string of the molecule is CC(CN)Nc1nc2ccc(Cl)cc2n1C. The Kier molecular flexibility index (Phi) is 3.03. The first-order chi connectivity index (χ1) is 7.61. The Morgan fingerprint density at radius 3 is 3.00 bits per heavy atom. The van der Waals surface area contributed by atoms with Crippen molar-refractivity contribution >= 4 is 28.6 Å². The molecular weight excluding hydrogens is 224 g/mol. The molecule has 0 aliphatic heterocycles. The van der Waals surface area contributed by atoms with Crippen molar-refractivity contribution in [2.24, 2.45) is 12.8 Å². The molecule has 4 nitrogen and oxygen atoms in total. The van der Waals surface area contributed by atoms with Crippen LogP contribution in [0.15, 0.2) is 18.2 Å². The van der Waals surface area contributed by atoms with Crippen LogP contribution < -0.4 is 11.1 Å². The van der Waals surface area contributed by atoms with Crippen LogP contribution in [0.1, 0.15) is 6.92 Å². The van der Waals surface area contributed by atoms with Crippen molar-refractivity contribution < 1.29 is 0 Å². The number of hydrogen-bond acceptors (Lipinski definition) is 3. The Bertz CT molecular complexity index is 506. The predicted octanol–water partition coefficient (Wildman–Crippen LogP) is 1.99. The molecule has 0 aliphatic carbocycles. The van der Waals surface area contributed by atoms with Gasteiger partial charge in [-0.25, -0.2) is 4.98 Å². The number of benzene rings is 1. The van der Waals surface area contributed by atoms with Crippen molar-refractivity contribution in [2.45, 2.75) is 13.0 Å². The second-order valence-electron chi connectivity index (χ2n) is 3.91. The van der Waals surface area contributed by atoms with E-state index in [0.29, 0.717) is 11.6 Å². The molecule has 0 radical (unpaired) electrons. The molecule has 0 fully saturated rings. The first-order valence-electron chi connectivity index (χ1n) is 5.20. The largest absolute Gasteiger partial charge is 0.352 e. The van der Waals surface area contributed by atoms with Crippen LogP contribution in [-0.2, 0) is 7.05 Å². The van der Waals surface area contributed by atoms with E-state index in [2.05, 4.69) is 10.3 Å². The quantitative estimate of drug-likeness (QED) is 0.860. The molecule has 0 saturated carbocycles. The van der Waals surface area contributed by atoms with Crippen molar-refractivity contribution in [1.29, 1.82) is 0 Å². The van der Waals surface area contributed by atoms with Crippen LogP contribution in [0.2, 0.25) is 5.02 Å².